The summed E-state index contributed by atoms with van der Waals surface area (Å²) in [4.78, 5) is 0. The Labute approximate surface area is 86.5 Å². The van der Waals surface area contributed by atoms with Gasteiger partial charge in [-0.15, -0.1) is 0 Å². The minimum Gasteiger partial charge on any atom is -0.317 e. The van der Waals surface area contributed by atoms with Crippen molar-refractivity contribution in [3.8, 4) is 0 Å². The molecule has 0 unspecified atom stereocenters. The van der Waals surface area contributed by atoms with Gasteiger partial charge >= 0.3 is 0 Å². The fraction of sp³-hybridized carbons (Fsp3) is 0.727. The van der Waals surface area contributed by atoms with Crippen LogP contribution in [0.5, 0.6) is 0 Å². The van der Waals surface area contributed by atoms with Gasteiger partial charge in [0.2, 0.25) is 0 Å². The van der Waals surface area contributed by atoms with Crippen molar-refractivity contribution in [2.75, 3.05) is 13.1 Å². The van der Waals surface area contributed by atoms with Crippen LogP contribution in [0.1, 0.15) is 31.2 Å². The summed E-state index contributed by atoms with van der Waals surface area (Å²) in [6.07, 6.45) is 2.43. The summed E-state index contributed by atoms with van der Waals surface area (Å²) in [5, 5.41) is 7.75. The van der Waals surface area contributed by atoms with Gasteiger partial charge in [-0.25, -0.2) is 0 Å². The Kier molecular flexibility index (Phi) is 4.66. The van der Waals surface area contributed by atoms with Gasteiger partial charge in [-0.1, -0.05) is 6.92 Å². The van der Waals surface area contributed by atoms with E-state index < -0.39 is 0 Å². The van der Waals surface area contributed by atoms with Gasteiger partial charge in [0.25, 0.3) is 0 Å². The molecule has 0 bridgehead atoms. The molecule has 0 atom stereocenters. The van der Waals surface area contributed by atoms with Crippen LogP contribution in [0.25, 0.3) is 0 Å². The number of aryl methyl sites for hydroxylation is 3. The van der Waals surface area contributed by atoms with E-state index in [0.29, 0.717) is 0 Å². The van der Waals surface area contributed by atoms with Gasteiger partial charge in [0.15, 0.2) is 0 Å². The maximum Gasteiger partial charge on any atom is 0.0596 e. The largest absolute Gasteiger partial charge is 0.317 e. The number of unbranched alkanes of at least 4 members (excludes halogenated alkanes) is 1. The molecule has 3 heteroatoms. The molecule has 80 valence electrons. The molecule has 0 fully saturated rings. The fourth-order valence-electron chi connectivity index (χ4n) is 1.59. The van der Waals surface area contributed by atoms with Crippen LogP contribution in [0.4, 0.5) is 0 Å². The zero-order valence-corrected chi connectivity index (χ0v) is 9.51. The quantitative estimate of drug-likeness (QED) is 0.702. The van der Waals surface area contributed by atoms with E-state index in [-0.39, 0.29) is 0 Å². The predicted octanol–water partition coefficient (Wildman–Crippen LogP) is 1.89. The lowest BCUT2D eigenvalue weighted by atomic mass is 10.3. The van der Waals surface area contributed by atoms with E-state index in [1.807, 2.05) is 6.92 Å². The summed E-state index contributed by atoms with van der Waals surface area (Å²) in [7, 11) is 0. The third-order valence-electron chi connectivity index (χ3n) is 2.33. The fourth-order valence-corrected chi connectivity index (χ4v) is 1.59. The van der Waals surface area contributed by atoms with Gasteiger partial charge in [0.1, 0.15) is 0 Å². The number of rotatable bonds is 6. The smallest absolute Gasteiger partial charge is 0.0596 e. The van der Waals surface area contributed by atoms with Crippen LogP contribution in [0, 0.1) is 13.8 Å². The molecule has 1 heterocycles. The molecule has 1 aromatic heterocycles. The van der Waals surface area contributed by atoms with E-state index in [2.05, 4.69) is 35.0 Å². The first-order valence-corrected chi connectivity index (χ1v) is 5.46. The summed E-state index contributed by atoms with van der Waals surface area (Å²) >= 11 is 0. The van der Waals surface area contributed by atoms with Crippen LogP contribution in [0.15, 0.2) is 6.07 Å². The average molecular weight is 195 g/mol. The highest BCUT2D eigenvalue weighted by atomic mass is 15.3. The maximum absolute atomic E-state index is 4.42. The van der Waals surface area contributed by atoms with Gasteiger partial charge in [0.05, 0.1) is 5.69 Å². The number of hydrogen-bond donors (Lipinski definition) is 1. The lowest BCUT2D eigenvalue weighted by molar-refractivity contribution is 0.529. The first-order valence-electron chi connectivity index (χ1n) is 5.46. The molecule has 0 aromatic carbocycles. The van der Waals surface area contributed by atoms with Crippen LogP contribution >= 0.6 is 0 Å². The van der Waals surface area contributed by atoms with Crippen molar-refractivity contribution in [3.63, 3.8) is 0 Å². The molecule has 1 rings (SSSR count). The Hall–Kier alpha value is -0.830. The molecule has 1 aromatic rings. The third kappa shape index (κ3) is 3.50. The van der Waals surface area contributed by atoms with E-state index in [9.17, 15) is 0 Å². The maximum atomic E-state index is 4.42. The molecule has 0 radical (unpaired) electrons. The van der Waals surface area contributed by atoms with E-state index >= 15 is 0 Å². The summed E-state index contributed by atoms with van der Waals surface area (Å²) in [5.74, 6) is 0. The van der Waals surface area contributed by atoms with Crippen LogP contribution in [0.2, 0.25) is 0 Å². The van der Waals surface area contributed by atoms with Crippen LogP contribution in [-0.4, -0.2) is 22.9 Å². The first kappa shape index (κ1) is 11.2. The molecule has 0 saturated heterocycles. The second-order valence-corrected chi connectivity index (χ2v) is 3.71. The molecule has 0 amide bonds. The Balaban J connectivity index is 2.21. The first-order chi connectivity index (χ1) is 6.74. The van der Waals surface area contributed by atoms with Gasteiger partial charge in [-0.05, 0) is 45.8 Å². The van der Waals surface area contributed by atoms with E-state index in [1.165, 1.54) is 18.5 Å². The van der Waals surface area contributed by atoms with Crippen LogP contribution in [0.3, 0.4) is 0 Å². The standard InChI is InChI=1S/C11H21N3/c1-4-12-7-5-6-8-14-11(3)9-10(2)13-14/h9,12H,4-8H2,1-3H3. The van der Waals surface area contributed by atoms with Crippen molar-refractivity contribution in [2.45, 2.75) is 40.2 Å². The summed E-state index contributed by atoms with van der Waals surface area (Å²) in [6, 6.07) is 2.13. The number of nitrogens with one attached hydrogen (secondary N) is 1. The molecule has 0 aliphatic carbocycles. The highest BCUT2D eigenvalue weighted by Gasteiger charge is 1.99. The van der Waals surface area contributed by atoms with E-state index in [4.69, 9.17) is 0 Å². The van der Waals surface area contributed by atoms with Crippen molar-refractivity contribution in [3.05, 3.63) is 17.5 Å². The topological polar surface area (TPSA) is 29.9 Å². The predicted molar refractivity (Wildman–Crippen MR) is 59.5 cm³/mol. The van der Waals surface area contributed by atoms with Crippen molar-refractivity contribution in [1.82, 2.24) is 15.1 Å². The van der Waals surface area contributed by atoms with E-state index in [1.54, 1.807) is 0 Å². The van der Waals surface area contributed by atoms with Gasteiger partial charge in [0, 0.05) is 12.2 Å². The van der Waals surface area contributed by atoms with E-state index in [0.717, 1.165) is 25.3 Å². The SMILES string of the molecule is CCNCCCCn1nc(C)cc1C. The summed E-state index contributed by atoms with van der Waals surface area (Å²) in [6.45, 7) is 9.54. The number of nitrogens with zero attached hydrogens (tertiary/aromatic N) is 2. The Morgan fingerprint density at radius 1 is 1.36 bits per heavy atom. The lowest BCUT2D eigenvalue weighted by Crippen LogP contribution is -2.14. The van der Waals surface area contributed by atoms with Gasteiger partial charge in [-0.3, -0.25) is 4.68 Å². The van der Waals surface area contributed by atoms with Crippen LogP contribution in [-0.2, 0) is 6.54 Å². The molecule has 0 aliphatic heterocycles. The molecule has 3 nitrogen and oxygen atoms in total. The molecular formula is C11H21N3. The number of hydrogen-bond acceptors (Lipinski definition) is 2. The van der Waals surface area contributed by atoms with Crippen molar-refractivity contribution in [2.24, 2.45) is 0 Å². The minimum atomic E-state index is 1.05. The molecule has 1 N–H and O–H groups in total. The molecule has 14 heavy (non-hydrogen) atoms. The zero-order valence-electron chi connectivity index (χ0n) is 9.51. The summed E-state index contributed by atoms with van der Waals surface area (Å²) < 4.78 is 2.10. The average Bonchev–Trinajstić information content (AvgIpc) is 2.45. The van der Waals surface area contributed by atoms with Crippen molar-refractivity contribution < 1.29 is 0 Å². The van der Waals surface area contributed by atoms with Crippen LogP contribution < -0.4 is 5.32 Å². The van der Waals surface area contributed by atoms with Crippen molar-refractivity contribution >= 4 is 0 Å². The molecule has 0 spiro atoms. The highest BCUT2D eigenvalue weighted by molar-refractivity contribution is 5.06. The third-order valence-corrected chi connectivity index (χ3v) is 2.33. The van der Waals surface area contributed by atoms with Crippen molar-refractivity contribution in [1.29, 1.82) is 0 Å². The van der Waals surface area contributed by atoms with Gasteiger partial charge < -0.3 is 5.32 Å². The summed E-state index contributed by atoms with van der Waals surface area (Å²) in [5.41, 5.74) is 2.39. The lowest BCUT2D eigenvalue weighted by Gasteiger charge is -2.04. The molecule has 0 aliphatic rings. The minimum absolute atomic E-state index is 1.05. The zero-order chi connectivity index (χ0) is 10.4. The monoisotopic (exact) mass is 195 g/mol. The second kappa shape index (κ2) is 5.81. The second-order valence-electron chi connectivity index (χ2n) is 3.71. The normalized spacial score (nSPS) is 10.8. The Morgan fingerprint density at radius 3 is 2.71 bits per heavy atom. The van der Waals surface area contributed by atoms with Gasteiger partial charge in [-0.2, -0.15) is 5.10 Å². The Bertz CT molecular complexity index is 265. The highest BCUT2D eigenvalue weighted by Crippen LogP contribution is 2.03. The molecular weight excluding hydrogens is 174 g/mol. The number of aromatic nitrogens is 2. The molecule has 0 saturated carbocycles. The Morgan fingerprint density at radius 2 is 2.14 bits per heavy atom.